The Labute approximate surface area is 94.2 Å². The minimum atomic E-state index is -0.0125. The van der Waals surface area contributed by atoms with Crippen LogP contribution in [0.1, 0.15) is 31.9 Å². The predicted octanol–water partition coefficient (Wildman–Crippen LogP) is 1.68. The fourth-order valence-electron chi connectivity index (χ4n) is 1.64. The van der Waals surface area contributed by atoms with E-state index in [1.807, 2.05) is 6.92 Å². The van der Waals surface area contributed by atoms with E-state index in [1.165, 1.54) is 11.3 Å². The van der Waals surface area contributed by atoms with E-state index in [0.29, 0.717) is 12.2 Å². The molecule has 1 amide bonds. The molecule has 84 valence electrons. The van der Waals surface area contributed by atoms with Crippen LogP contribution in [0.3, 0.4) is 0 Å². The Morgan fingerprint density at radius 2 is 2.25 bits per heavy atom. The molecule has 1 aromatic heterocycles. The van der Waals surface area contributed by atoms with Crippen LogP contribution in [0.25, 0.3) is 0 Å². The van der Waals surface area contributed by atoms with Crippen molar-refractivity contribution in [2.45, 2.75) is 33.1 Å². The molecule has 5 heteroatoms. The van der Waals surface area contributed by atoms with Crippen molar-refractivity contribution in [2.24, 2.45) is 5.10 Å². The normalized spacial score (nSPS) is 15.5. The lowest BCUT2D eigenvalue weighted by atomic mass is 10.2. The standard InChI is InChI=1S/C11H14N4O/c1-3-4-9-6-11(16)15(14-9)10-5-8(2)12-7-13-10/h5,7H,3-4,6H2,1-2H3. The molecule has 1 aromatic rings. The van der Waals surface area contributed by atoms with Crippen LogP contribution in [0.2, 0.25) is 0 Å². The average molecular weight is 218 g/mol. The fourth-order valence-corrected chi connectivity index (χ4v) is 1.64. The Balaban J connectivity index is 2.24. The van der Waals surface area contributed by atoms with E-state index in [2.05, 4.69) is 22.0 Å². The van der Waals surface area contributed by atoms with E-state index in [4.69, 9.17) is 0 Å². The SMILES string of the molecule is CCCC1=NN(c2cc(C)ncn2)C(=O)C1. The third-order valence-electron chi connectivity index (χ3n) is 2.38. The minimum absolute atomic E-state index is 0.0125. The highest BCUT2D eigenvalue weighted by Crippen LogP contribution is 2.19. The van der Waals surface area contributed by atoms with E-state index in [1.54, 1.807) is 6.07 Å². The van der Waals surface area contributed by atoms with Crippen LogP contribution in [0.15, 0.2) is 17.5 Å². The summed E-state index contributed by atoms with van der Waals surface area (Å²) in [6, 6.07) is 1.76. The number of nitrogens with zero attached hydrogens (tertiary/aromatic N) is 4. The van der Waals surface area contributed by atoms with Crippen LogP contribution in [-0.2, 0) is 4.79 Å². The van der Waals surface area contributed by atoms with Gasteiger partial charge in [-0.3, -0.25) is 4.79 Å². The highest BCUT2D eigenvalue weighted by Gasteiger charge is 2.25. The molecule has 0 aliphatic carbocycles. The zero-order valence-electron chi connectivity index (χ0n) is 9.47. The van der Waals surface area contributed by atoms with Gasteiger partial charge in [0.05, 0.1) is 6.42 Å². The van der Waals surface area contributed by atoms with E-state index in [9.17, 15) is 4.79 Å². The van der Waals surface area contributed by atoms with E-state index in [0.717, 1.165) is 24.2 Å². The summed E-state index contributed by atoms with van der Waals surface area (Å²) < 4.78 is 0. The summed E-state index contributed by atoms with van der Waals surface area (Å²) in [5.74, 6) is 0.546. The maximum absolute atomic E-state index is 11.7. The van der Waals surface area contributed by atoms with Gasteiger partial charge in [-0.2, -0.15) is 10.1 Å². The Morgan fingerprint density at radius 1 is 1.44 bits per heavy atom. The lowest BCUT2D eigenvalue weighted by Gasteiger charge is -2.09. The molecule has 0 atom stereocenters. The van der Waals surface area contributed by atoms with Gasteiger partial charge in [0, 0.05) is 17.5 Å². The number of amides is 1. The summed E-state index contributed by atoms with van der Waals surface area (Å²) in [4.78, 5) is 19.8. The van der Waals surface area contributed by atoms with Gasteiger partial charge in [0.25, 0.3) is 5.91 Å². The summed E-state index contributed by atoms with van der Waals surface area (Å²) >= 11 is 0. The maximum atomic E-state index is 11.7. The second kappa shape index (κ2) is 4.38. The molecule has 0 fully saturated rings. The molecule has 1 aliphatic heterocycles. The molecule has 0 bridgehead atoms. The summed E-state index contributed by atoms with van der Waals surface area (Å²) in [5, 5.41) is 5.66. The molecule has 16 heavy (non-hydrogen) atoms. The van der Waals surface area contributed by atoms with Crippen LogP contribution >= 0.6 is 0 Å². The van der Waals surface area contributed by atoms with Crippen LogP contribution in [0.5, 0.6) is 0 Å². The van der Waals surface area contributed by atoms with Gasteiger partial charge in [0.1, 0.15) is 6.33 Å². The largest absolute Gasteiger partial charge is 0.272 e. The first kappa shape index (κ1) is 10.7. The second-order valence-electron chi connectivity index (χ2n) is 3.82. The maximum Gasteiger partial charge on any atom is 0.254 e. The Morgan fingerprint density at radius 3 is 2.94 bits per heavy atom. The van der Waals surface area contributed by atoms with Gasteiger partial charge < -0.3 is 0 Å². The number of aromatic nitrogens is 2. The molecule has 0 aromatic carbocycles. The van der Waals surface area contributed by atoms with Crippen molar-refractivity contribution in [1.82, 2.24) is 9.97 Å². The highest BCUT2D eigenvalue weighted by atomic mass is 16.2. The third kappa shape index (κ3) is 2.08. The van der Waals surface area contributed by atoms with Crippen LogP contribution < -0.4 is 5.01 Å². The number of anilines is 1. The van der Waals surface area contributed by atoms with Crippen molar-refractivity contribution in [3.05, 3.63) is 18.1 Å². The van der Waals surface area contributed by atoms with Crippen molar-refractivity contribution in [3.8, 4) is 0 Å². The van der Waals surface area contributed by atoms with Crippen LogP contribution in [0, 0.1) is 6.92 Å². The number of aryl methyl sites for hydroxylation is 1. The van der Waals surface area contributed by atoms with Crippen molar-refractivity contribution in [3.63, 3.8) is 0 Å². The molecule has 1 aliphatic rings. The average Bonchev–Trinajstić information content (AvgIpc) is 2.60. The molecular weight excluding hydrogens is 204 g/mol. The molecule has 5 nitrogen and oxygen atoms in total. The fraction of sp³-hybridized carbons (Fsp3) is 0.455. The van der Waals surface area contributed by atoms with Crippen molar-refractivity contribution in [1.29, 1.82) is 0 Å². The highest BCUT2D eigenvalue weighted by molar-refractivity contribution is 6.12. The van der Waals surface area contributed by atoms with Crippen molar-refractivity contribution >= 4 is 17.4 Å². The molecule has 0 saturated carbocycles. The molecule has 2 rings (SSSR count). The van der Waals surface area contributed by atoms with Crippen LogP contribution in [0.4, 0.5) is 5.82 Å². The third-order valence-corrected chi connectivity index (χ3v) is 2.38. The van der Waals surface area contributed by atoms with Gasteiger partial charge in [-0.15, -0.1) is 0 Å². The van der Waals surface area contributed by atoms with Crippen molar-refractivity contribution < 1.29 is 4.79 Å². The smallest absolute Gasteiger partial charge is 0.254 e. The lowest BCUT2D eigenvalue weighted by Crippen LogP contribution is -2.20. The second-order valence-corrected chi connectivity index (χ2v) is 3.82. The molecule has 0 spiro atoms. The number of hydrogen-bond acceptors (Lipinski definition) is 4. The number of hydrazone groups is 1. The first-order valence-electron chi connectivity index (χ1n) is 5.38. The molecule has 0 saturated heterocycles. The Hall–Kier alpha value is -1.78. The van der Waals surface area contributed by atoms with Gasteiger partial charge in [0.2, 0.25) is 0 Å². The molecule has 0 unspecified atom stereocenters. The van der Waals surface area contributed by atoms with Gasteiger partial charge in [-0.1, -0.05) is 13.3 Å². The zero-order chi connectivity index (χ0) is 11.5. The first-order valence-corrected chi connectivity index (χ1v) is 5.38. The molecular formula is C11H14N4O. The minimum Gasteiger partial charge on any atom is -0.272 e. The summed E-state index contributed by atoms with van der Waals surface area (Å²) in [6.07, 6.45) is 3.73. The number of hydrogen-bond donors (Lipinski definition) is 0. The summed E-state index contributed by atoms with van der Waals surface area (Å²) in [6.45, 7) is 3.94. The summed E-state index contributed by atoms with van der Waals surface area (Å²) in [7, 11) is 0. The zero-order valence-corrected chi connectivity index (χ0v) is 9.47. The predicted molar refractivity (Wildman–Crippen MR) is 61.2 cm³/mol. The molecule has 0 radical (unpaired) electrons. The van der Waals surface area contributed by atoms with Crippen LogP contribution in [-0.4, -0.2) is 21.6 Å². The monoisotopic (exact) mass is 218 g/mol. The first-order chi connectivity index (χ1) is 7.70. The Bertz CT molecular complexity index is 441. The van der Waals surface area contributed by atoms with Gasteiger partial charge in [-0.25, -0.2) is 9.97 Å². The number of carbonyl (C=O) groups excluding carboxylic acids is 1. The van der Waals surface area contributed by atoms with Gasteiger partial charge >= 0.3 is 0 Å². The summed E-state index contributed by atoms with van der Waals surface area (Å²) in [5.41, 5.74) is 1.76. The molecule has 0 N–H and O–H groups in total. The topological polar surface area (TPSA) is 58.5 Å². The quantitative estimate of drug-likeness (QED) is 0.775. The number of carbonyl (C=O) groups is 1. The van der Waals surface area contributed by atoms with E-state index < -0.39 is 0 Å². The van der Waals surface area contributed by atoms with E-state index >= 15 is 0 Å². The molecule has 2 heterocycles. The Kier molecular flexibility index (Phi) is 2.94. The van der Waals surface area contributed by atoms with Crippen molar-refractivity contribution in [2.75, 3.05) is 5.01 Å². The number of rotatable bonds is 3. The van der Waals surface area contributed by atoms with Gasteiger partial charge in [0.15, 0.2) is 5.82 Å². The van der Waals surface area contributed by atoms with Gasteiger partial charge in [-0.05, 0) is 13.3 Å². The van der Waals surface area contributed by atoms with E-state index in [-0.39, 0.29) is 5.91 Å². The lowest BCUT2D eigenvalue weighted by molar-refractivity contribution is -0.116.